The van der Waals surface area contributed by atoms with Gasteiger partial charge < -0.3 is 19.5 Å². The van der Waals surface area contributed by atoms with Crippen molar-refractivity contribution >= 4 is 17.6 Å². The summed E-state index contributed by atoms with van der Waals surface area (Å²) in [5.74, 6) is 0.0742. The standard InChI is InChI=1S/C29H29F3N2O5/c1-16-17(2)26-22(18(3)25(16)38-19(4)35)10-11-28(5,39-26)15-37-21-8-9-24(23(13-21)29(30,31)32)34-27(36)20-7-6-12-33-14-20/h6-9,12-14H,10-11,15H2,1-5H3,(H,34,36). The van der Waals surface area contributed by atoms with E-state index in [0.717, 1.165) is 28.3 Å². The van der Waals surface area contributed by atoms with E-state index in [-0.39, 0.29) is 23.6 Å². The molecule has 1 unspecified atom stereocenters. The van der Waals surface area contributed by atoms with Gasteiger partial charge in [-0.15, -0.1) is 0 Å². The fourth-order valence-electron chi connectivity index (χ4n) is 4.56. The highest BCUT2D eigenvalue weighted by Crippen LogP contribution is 2.44. The highest BCUT2D eigenvalue weighted by molar-refractivity contribution is 6.04. The smallest absolute Gasteiger partial charge is 0.418 e. The van der Waals surface area contributed by atoms with Crippen LogP contribution in [0, 0.1) is 20.8 Å². The minimum absolute atomic E-state index is 0.00559. The number of pyridine rings is 1. The highest BCUT2D eigenvalue weighted by Gasteiger charge is 2.37. The number of carbonyl (C=O) groups excluding carboxylic acids is 2. The lowest BCUT2D eigenvalue weighted by Crippen LogP contribution is -2.42. The fourth-order valence-corrected chi connectivity index (χ4v) is 4.56. The van der Waals surface area contributed by atoms with Gasteiger partial charge >= 0.3 is 12.1 Å². The summed E-state index contributed by atoms with van der Waals surface area (Å²) in [6, 6.07) is 6.38. The Bertz CT molecular complexity index is 1420. The van der Waals surface area contributed by atoms with Crippen molar-refractivity contribution in [3.8, 4) is 17.2 Å². The number of benzene rings is 2. The Kier molecular flexibility index (Phi) is 7.59. The predicted octanol–water partition coefficient (Wildman–Crippen LogP) is 6.37. The highest BCUT2D eigenvalue weighted by atomic mass is 19.4. The number of hydrogen-bond donors (Lipinski definition) is 1. The maximum absolute atomic E-state index is 13.9. The number of anilines is 1. The summed E-state index contributed by atoms with van der Waals surface area (Å²) in [6.45, 7) is 8.78. The second-order valence-electron chi connectivity index (χ2n) is 9.85. The van der Waals surface area contributed by atoms with Gasteiger partial charge in [-0.25, -0.2) is 0 Å². The van der Waals surface area contributed by atoms with Crippen molar-refractivity contribution in [2.75, 3.05) is 11.9 Å². The van der Waals surface area contributed by atoms with Gasteiger partial charge in [0.2, 0.25) is 0 Å². The third-order valence-electron chi connectivity index (χ3n) is 6.82. The van der Waals surface area contributed by atoms with Gasteiger partial charge in [-0.05, 0) is 87.6 Å². The van der Waals surface area contributed by atoms with Gasteiger partial charge in [-0.1, -0.05) is 0 Å². The Labute approximate surface area is 224 Å². The first-order valence-corrected chi connectivity index (χ1v) is 12.3. The fraction of sp³-hybridized carbons (Fsp3) is 0.345. The van der Waals surface area contributed by atoms with E-state index in [0.29, 0.717) is 24.3 Å². The van der Waals surface area contributed by atoms with Crippen LogP contribution in [-0.2, 0) is 17.4 Å². The number of rotatable bonds is 6. The van der Waals surface area contributed by atoms with Crippen LogP contribution in [0.5, 0.6) is 17.2 Å². The van der Waals surface area contributed by atoms with Crippen LogP contribution >= 0.6 is 0 Å². The van der Waals surface area contributed by atoms with Gasteiger partial charge in [-0.2, -0.15) is 13.2 Å². The molecule has 4 rings (SSSR count). The lowest BCUT2D eigenvalue weighted by atomic mass is 9.87. The molecule has 0 bridgehead atoms. The van der Waals surface area contributed by atoms with E-state index < -0.39 is 29.2 Å². The molecule has 1 aliphatic rings. The number of hydrogen-bond acceptors (Lipinski definition) is 6. The maximum Gasteiger partial charge on any atom is 0.418 e. The van der Waals surface area contributed by atoms with Crippen molar-refractivity contribution in [2.24, 2.45) is 0 Å². The van der Waals surface area contributed by atoms with Gasteiger partial charge in [0.25, 0.3) is 5.91 Å². The van der Waals surface area contributed by atoms with E-state index in [1.807, 2.05) is 27.7 Å². The summed E-state index contributed by atoms with van der Waals surface area (Å²) < 4.78 is 59.2. The molecule has 10 heteroatoms. The minimum Gasteiger partial charge on any atom is -0.489 e. The quantitative estimate of drug-likeness (QED) is 0.288. The van der Waals surface area contributed by atoms with Crippen LogP contribution in [0.15, 0.2) is 42.7 Å². The maximum atomic E-state index is 13.9. The molecule has 0 aliphatic carbocycles. The summed E-state index contributed by atoms with van der Waals surface area (Å²) >= 11 is 0. The van der Waals surface area contributed by atoms with Gasteiger partial charge in [0.15, 0.2) is 0 Å². The molecule has 39 heavy (non-hydrogen) atoms. The average Bonchev–Trinajstić information content (AvgIpc) is 2.89. The topological polar surface area (TPSA) is 86.8 Å². The number of esters is 1. The first kappa shape index (κ1) is 27.9. The largest absolute Gasteiger partial charge is 0.489 e. The Morgan fingerprint density at radius 3 is 2.51 bits per heavy atom. The molecule has 206 valence electrons. The molecule has 0 saturated heterocycles. The van der Waals surface area contributed by atoms with Crippen LogP contribution in [0.25, 0.3) is 0 Å². The summed E-state index contributed by atoms with van der Waals surface area (Å²) in [5.41, 5.74) is 1.27. The third kappa shape index (κ3) is 6.00. The molecule has 1 atom stereocenters. The molecular weight excluding hydrogens is 513 g/mol. The Hall–Kier alpha value is -4.08. The normalized spacial score (nSPS) is 16.6. The molecule has 0 saturated carbocycles. The van der Waals surface area contributed by atoms with Crippen LogP contribution < -0.4 is 19.5 Å². The number of amides is 1. The first-order chi connectivity index (χ1) is 18.3. The zero-order valence-electron chi connectivity index (χ0n) is 22.3. The SMILES string of the molecule is CC(=O)Oc1c(C)c(C)c2c(c1C)CCC(C)(COc1ccc(NC(=O)c3cccnc3)c(C(F)(F)F)c1)O2. The van der Waals surface area contributed by atoms with Gasteiger partial charge in [-0.3, -0.25) is 14.6 Å². The number of carbonyl (C=O) groups is 2. The molecule has 0 fully saturated rings. The Morgan fingerprint density at radius 1 is 1.13 bits per heavy atom. The third-order valence-corrected chi connectivity index (χ3v) is 6.82. The Balaban J connectivity index is 1.54. The summed E-state index contributed by atoms with van der Waals surface area (Å²) in [6.07, 6.45) is -0.849. The summed E-state index contributed by atoms with van der Waals surface area (Å²) in [5, 5.41) is 2.31. The lowest BCUT2D eigenvalue weighted by molar-refractivity contribution is -0.137. The molecule has 0 radical (unpaired) electrons. The van der Waals surface area contributed by atoms with Crippen molar-refractivity contribution in [2.45, 2.75) is 59.2 Å². The van der Waals surface area contributed by atoms with E-state index in [9.17, 15) is 22.8 Å². The van der Waals surface area contributed by atoms with Crippen molar-refractivity contribution in [1.29, 1.82) is 0 Å². The molecule has 1 N–H and O–H groups in total. The molecule has 1 aromatic heterocycles. The van der Waals surface area contributed by atoms with Crippen LogP contribution in [0.1, 0.15) is 58.4 Å². The van der Waals surface area contributed by atoms with Crippen molar-refractivity contribution in [3.63, 3.8) is 0 Å². The average molecular weight is 543 g/mol. The molecule has 1 amide bonds. The second kappa shape index (κ2) is 10.6. The van der Waals surface area contributed by atoms with Gasteiger partial charge in [0.1, 0.15) is 29.5 Å². The minimum atomic E-state index is -4.73. The number of fused-ring (bicyclic) bond motifs is 1. The Morgan fingerprint density at radius 2 is 1.87 bits per heavy atom. The van der Waals surface area contributed by atoms with Crippen LogP contribution in [-0.4, -0.2) is 29.1 Å². The summed E-state index contributed by atoms with van der Waals surface area (Å²) in [7, 11) is 0. The first-order valence-electron chi connectivity index (χ1n) is 12.3. The molecule has 7 nitrogen and oxygen atoms in total. The second-order valence-corrected chi connectivity index (χ2v) is 9.85. The molecule has 2 heterocycles. The number of nitrogens with one attached hydrogen (secondary N) is 1. The number of ether oxygens (including phenoxy) is 3. The van der Waals surface area contributed by atoms with Crippen LogP contribution in [0.2, 0.25) is 0 Å². The van der Waals surface area contributed by atoms with E-state index in [4.69, 9.17) is 14.2 Å². The molecule has 3 aromatic rings. The predicted molar refractivity (Wildman–Crippen MR) is 138 cm³/mol. The number of halogens is 3. The van der Waals surface area contributed by atoms with E-state index >= 15 is 0 Å². The zero-order chi connectivity index (χ0) is 28.5. The van der Waals surface area contributed by atoms with E-state index in [2.05, 4.69) is 10.3 Å². The van der Waals surface area contributed by atoms with Crippen LogP contribution in [0.3, 0.4) is 0 Å². The zero-order valence-corrected chi connectivity index (χ0v) is 22.3. The molecule has 2 aromatic carbocycles. The summed E-state index contributed by atoms with van der Waals surface area (Å²) in [4.78, 5) is 27.8. The van der Waals surface area contributed by atoms with Crippen molar-refractivity contribution in [3.05, 3.63) is 76.1 Å². The van der Waals surface area contributed by atoms with Gasteiger partial charge in [0.05, 0.1) is 16.8 Å². The van der Waals surface area contributed by atoms with E-state index in [1.165, 1.54) is 43.6 Å². The van der Waals surface area contributed by atoms with Crippen molar-refractivity contribution < 1.29 is 37.0 Å². The monoisotopic (exact) mass is 542 g/mol. The number of aromatic nitrogens is 1. The molecule has 0 spiro atoms. The van der Waals surface area contributed by atoms with Gasteiger partial charge in [0, 0.05) is 24.9 Å². The lowest BCUT2D eigenvalue weighted by Gasteiger charge is -2.37. The molecular formula is C29H29F3N2O5. The molecule has 1 aliphatic heterocycles. The van der Waals surface area contributed by atoms with Crippen molar-refractivity contribution in [1.82, 2.24) is 4.98 Å². The van der Waals surface area contributed by atoms with E-state index in [1.54, 1.807) is 0 Å². The number of alkyl halides is 3. The van der Waals surface area contributed by atoms with Crippen LogP contribution in [0.4, 0.5) is 18.9 Å². The number of nitrogens with zero attached hydrogens (tertiary/aromatic N) is 1.